The Kier molecular flexibility index (Phi) is 8.89. The highest BCUT2D eigenvalue weighted by Gasteiger charge is 2.40. The van der Waals surface area contributed by atoms with E-state index < -0.39 is 5.60 Å². The summed E-state index contributed by atoms with van der Waals surface area (Å²) in [5.74, 6) is 0.0360. The molecule has 11 nitrogen and oxygen atoms in total. The number of fused-ring (bicyclic) bond motifs is 5. The minimum atomic E-state index is -1.57. The molecule has 3 N–H and O–H groups in total. The fourth-order valence-corrected chi connectivity index (χ4v) is 5.89. The summed E-state index contributed by atoms with van der Waals surface area (Å²) in [6.45, 7) is 11.3. The molecule has 0 spiro atoms. The van der Waals surface area contributed by atoms with Crippen LogP contribution in [0.5, 0.6) is 0 Å². The lowest BCUT2D eigenvalue weighted by Gasteiger charge is -2.20. The molecule has 0 radical (unpaired) electrons. The van der Waals surface area contributed by atoms with E-state index in [4.69, 9.17) is 29.4 Å². The largest absolute Gasteiger partial charge is 0.516 e. The fraction of sp³-hybridized carbons (Fsp3) is 0.314. The van der Waals surface area contributed by atoms with Gasteiger partial charge in [-0.1, -0.05) is 12.7 Å². The monoisotopic (exact) mass is 623 g/mol. The second kappa shape index (κ2) is 12.7. The number of nitrogens with zero attached hydrogens (tertiary/aromatic N) is 4. The molecule has 0 saturated heterocycles. The van der Waals surface area contributed by atoms with Crippen LogP contribution in [0.4, 0.5) is 0 Å². The molecule has 46 heavy (non-hydrogen) atoms. The number of hydrogen-bond donors (Lipinski definition) is 3. The standard InChI is InChI=1S/C35H37N5O6/c1-8-21-20(4)33-38-27(21)15-25-18(2)22(9-11-31(42)45-6)28(36-25)16-29-23(10-12-32(43)46-7)19(3)26(37-29)17-30-35(5,44)24(13-14-41)34(39-30)40-33/h8,13-17,39,41,44H,1,9-12H2,2-7H3/b14-13+,25-15?,29-16?,30-17?,40-33?/t35-/m0/s1. The number of esters is 2. The summed E-state index contributed by atoms with van der Waals surface area (Å²) in [6, 6.07) is 0. The zero-order valence-corrected chi connectivity index (χ0v) is 26.8. The molecule has 5 rings (SSSR count). The summed E-state index contributed by atoms with van der Waals surface area (Å²) in [5, 5.41) is 24.7. The van der Waals surface area contributed by atoms with Crippen LogP contribution in [0, 0.1) is 0 Å². The molecule has 0 aromatic heterocycles. The molecule has 0 aromatic carbocycles. The van der Waals surface area contributed by atoms with Crippen molar-refractivity contribution in [1.29, 1.82) is 0 Å². The summed E-state index contributed by atoms with van der Waals surface area (Å²) < 4.78 is 9.82. The first-order valence-electron chi connectivity index (χ1n) is 14.9. The minimum absolute atomic E-state index is 0.141. The van der Waals surface area contributed by atoms with Gasteiger partial charge in [-0.2, -0.15) is 0 Å². The lowest BCUT2D eigenvalue weighted by atomic mass is 9.93. The van der Waals surface area contributed by atoms with E-state index in [-0.39, 0.29) is 24.8 Å². The molecular weight excluding hydrogens is 586 g/mol. The van der Waals surface area contributed by atoms with E-state index in [1.165, 1.54) is 20.3 Å². The van der Waals surface area contributed by atoms with Gasteiger partial charge in [0.25, 0.3) is 0 Å². The van der Waals surface area contributed by atoms with Crippen molar-refractivity contribution in [3.63, 3.8) is 0 Å². The molecule has 5 aliphatic heterocycles. The molecule has 8 bridgehead atoms. The van der Waals surface area contributed by atoms with E-state index in [0.717, 1.165) is 39.7 Å². The van der Waals surface area contributed by atoms with Crippen LogP contribution in [0.15, 0.2) is 125 Å². The lowest BCUT2D eigenvalue weighted by molar-refractivity contribution is -0.141. The second-order valence-electron chi connectivity index (χ2n) is 11.4. The van der Waals surface area contributed by atoms with Crippen molar-refractivity contribution in [2.24, 2.45) is 20.0 Å². The Hall–Kier alpha value is -5.16. The molecule has 0 aromatic rings. The average Bonchev–Trinajstić information content (AvgIpc) is 3.67. The Morgan fingerprint density at radius 1 is 0.870 bits per heavy atom. The first-order chi connectivity index (χ1) is 21.9. The lowest BCUT2D eigenvalue weighted by Crippen LogP contribution is -2.29. The third-order valence-electron chi connectivity index (χ3n) is 8.68. The number of nitrogens with one attached hydrogen (secondary N) is 1. The number of methoxy groups -OCH3 is 2. The van der Waals surface area contributed by atoms with Crippen molar-refractivity contribution < 1.29 is 29.3 Å². The molecule has 0 saturated carbocycles. The molecule has 0 amide bonds. The number of carbonyl (C=O) groups excluding carboxylic acids is 2. The predicted molar refractivity (Wildman–Crippen MR) is 177 cm³/mol. The number of aliphatic hydroxyl groups excluding tert-OH is 1. The number of ether oxygens (including phenoxy) is 2. The average molecular weight is 624 g/mol. The first kappa shape index (κ1) is 32.2. The molecule has 238 valence electrons. The van der Waals surface area contributed by atoms with E-state index in [9.17, 15) is 19.8 Å². The van der Waals surface area contributed by atoms with Crippen molar-refractivity contribution in [3.05, 3.63) is 105 Å². The maximum atomic E-state index is 12.2. The SMILES string of the molecule is C=CC1=C(C)C2=NC3=C(/C=C/O)[C@](C)(O)C(=CC4=NC(=CC5=NC(=CC1=N2)C(C)=C5CCC(=O)OC)C(CCC(=O)OC)=C4C)N3. The van der Waals surface area contributed by atoms with E-state index in [1.807, 2.05) is 32.9 Å². The molecule has 5 heterocycles. The Bertz CT molecular complexity index is 1830. The van der Waals surface area contributed by atoms with E-state index in [1.54, 1.807) is 19.1 Å². The van der Waals surface area contributed by atoms with Crippen molar-refractivity contribution in [2.45, 2.75) is 59.0 Å². The van der Waals surface area contributed by atoms with Crippen molar-refractivity contribution >= 4 is 34.9 Å². The van der Waals surface area contributed by atoms with Crippen molar-refractivity contribution in [2.75, 3.05) is 14.2 Å². The van der Waals surface area contributed by atoms with Gasteiger partial charge in [0, 0.05) is 29.6 Å². The van der Waals surface area contributed by atoms with Gasteiger partial charge in [-0.15, -0.1) is 0 Å². The molecule has 0 fully saturated rings. The fourth-order valence-electron chi connectivity index (χ4n) is 5.89. The highest BCUT2D eigenvalue weighted by atomic mass is 16.5. The zero-order chi connectivity index (χ0) is 33.3. The van der Waals surface area contributed by atoms with E-state index >= 15 is 0 Å². The third-order valence-corrected chi connectivity index (χ3v) is 8.68. The van der Waals surface area contributed by atoms with Crippen LogP contribution in [-0.4, -0.2) is 64.9 Å². The Labute approximate surface area is 267 Å². The molecule has 1 atom stereocenters. The van der Waals surface area contributed by atoms with Gasteiger partial charge in [0.2, 0.25) is 0 Å². The third kappa shape index (κ3) is 5.81. The highest BCUT2D eigenvalue weighted by Crippen LogP contribution is 2.39. The summed E-state index contributed by atoms with van der Waals surface area (Å²) in [5.41, 5.74) is 7.17. The molecular formula is C35H37N5O6. The van der Waals surface area contributed by atoms with E-state index in [2.05, 4.69) is 11.9 Å². The summed E-state index contributed by atoms with van der Waals surface area (Å²) in [4.78, 5) is 43.9. The molecule has 0 unspecified atom stereocenters. The van der Waals surface area contributed by atoms with Gasteiger partial charge in [0.15, 0.2) is 5.84 Å². The van der Waals surface area contributed by atoms with Gasteiger partial charge in [0.05, 0.1) is 54.7 Å². The van der Waals surface area contributed by atoms with Crippen LogP contribution >= 0.6 is 0 Å². The van der Waals surface area contributed by atoms with Crippen LogP contribution < -0.4 is 5.32 Å². The van der Waals surface area contributed by atoms with Gasteiger partial charge in [-0.25, -0.2) is 20.0 Å². The van der Waals surface area contributed by atoms with Gasteiger partial charge in [-0.05, 0) is 87.1 Å². The van der Waals surface area contributed by atoms with Gasteiger partial charge in [-0.3, -0.25) is 9.59 Å². The van der Waals surface area contributed by atoms with Crippen LogP contribution in [0.25, 0.3) is 0 Å². The van der Waals surface area contributed by atoms with E-state index in [0.29, 0.717) is 64.3 Å². The minimum Gasteiger partial charge on any atom is -0.516 e. The molecule has 5 aliphatic rings. The summed E-state index contributed by atoms with van der Waals surface area (Å²) in [7, 11) is 2.71. The van der Waals surface area contributed by atoms with Crippen LogP contribution in [0.2, 0.25) is 0 Å². The van der Waals surface area contributed by atoms with Crippen LogP contribution in [0.1, 0.15) is 53.4 Å². The maximum absolute atomic E-state index is 12.2. The normalized spacial score (nSPS) is 22.4. The Morgan fingerprint density at radius 2 is 1.50 bits per heavy atom. The Balaban J connectivity index is 1.78. The number of rotatable bonds is 8. The van der Waals surface area contributed by atoms with Gasteiger partial charge >= 0.3 is 11.9 Å². The number of carbonyl (C=O) groups is 2. The number of aliphatic imine (C=N–C) groups is 4. The van der Waals surface area contributed by atoms with Crippen LogP contribution in [0.3, 0.4) is 0 Å². The summed E-state index contributed by atoms with van der Waals surface area (Å²) in [6.07, 6.45) is 10.5. The molecule has 0 aliphatic carbocycles. The zero-order valence-electron chi connectivity index (χ0n) is 26.8. The van der Waals surface area contributed by atoms with Crippen LogP contribution in [-0.2, 0) is 19.1 Å². The second-order valence-corrected chi connectivity index (χ2v) is 11.4. The van der Waals surface area contributed by atoms with Gasteiger partial charge < -0.3 is 25.0 Å². The maximum Gasteiger partial charge on any atom is 0.305 e. The smallest absolute Gasteiger partial charge is 0.305 e. The Morgan fingerprint density at radius 3 is 2.13 bits per heavy atom. The van der Waals surface area contributed by atoms with Crippen molar-refractivity contribution in [1.82, 2.24) is 5.32 Å². The number of hydrogen-bond acceptors (Lipinski definition) is 11. The number of allylic oxidation sites excluding steroid dienone is 9. The predicted octanol–water partition coefficient (Wildman–Crippen LogP) is 5.09. The highest BCUT2D eigenvalue weighted by molar-refractivity contribution is 6.27. The summed E-state index contributed by atoms with van der Waals surface area (Å²) >= 11 is 0. The van der Waals surface area contributed by atoms with Crippen molar-refractivity contribution in [3.8, 4) is 0 Å². The quantitative estimate of drug-likeness (QED) is 0.251. The molecule has 11 heteroatoms. The topological polar surface area (TPSA) is 155 Å². The number of amidine groups is 1. The first-order valence-corrected chi connectivity index (χ1v) is 14.9. The number of aliphatic hydroxyl groups is 2. The van der Waals surface area contributed by atoms with Gasteiger partial charge in [0.1, 0.15) is 11.4 Å².